The Hall–Kier alpha value is -2.18. The number of phenolic OH excluding ortho intramolecular Hbond substituents is 1. The van der Waals surface area contributed by atoms with Crippen LogP contribution in [0.15, 0.2) is 24.3 Å². The molecule has 23 heavy (non-hydrogen) atoms. The Morgan fingerprint density at radius 1 is 1.35 bits per heavy atom. The molecule has 2 aromatic rings. The van der Waals surface area contributed by atoms with Crippen LogP contribution < -0.4 is 4.90 Å². The number of benzene rings is 1. The molecule has 1 aliphatic rings. The van der Waals surface area contributed by atoms with E-state index in [4.69, 9.17) is 7.48 Å². The Morgan fingerprint density at radius 3 is 2.83 bits per heavy atom. The molecule has 1 aromatic heterocycles. The number of ether oxygens (including phenoxy) is 1. The highest BCUT2D eigenvalue weighted by Gasteiger charge is 2.21. The summed E-state index contributed by atoms with van der Waals surface area (Å²) in [5.41, 5.74) is 3.11. The third kappa shape index (κ3) is 3.28. The van der Waals surface area contributed by atoms with Crippen molar-refractivity contribution in [1.82, 2.24) is 10.2 Å². The van der Waals surface area contributed by atoms with Crippen LogP contribution in [0.1, 0.15) is 13.9 Å². The zero-order valence-corrected chi connectivity index (χ0v) is 13.2. The summed E-state index contributed by atoms with van der Waals surface area (Å²) in [4.78, 5) is 1.82. The van der Waals surface area contributed by atoms with Gasteiger partial charge in [-0.3, -0.25) is 0 Å². The Morgan fingerprint density at radius 2 is 2.17 bits per heavy atom. The summed E-state index contributed by atoms with van der Waals surface area (Å²) in [5.74, 6) is 0.741. The van der Waals surface area contributed by atoms with Crippen molar-refractivity contribution in [2.75, 3.05) is 31.2 Å². The molecular formula is C17H21N3O3. The number of aromatic hydroxyl groups is 1. The lowest BCUT2D eigenvalue weighted by Gasteiger charge is -2.32. The maximum Gasteiger partial charge on any atom is 0.151 e. The van der Waals surface area contributed by atoms with Crippen LogP contribution in [0.5, 0.6) is 5.75 Å². The van der Waals surface area contributed by atoms with Crippen LogP contribution >= 0.6 is 0 Å². The number of anilines is 1. The van der Waals surface area contributed by atoms with Gasteiger partial charge in [-0.05, 0) is 43.2 Å². The minimum Gasteiger partial charge on any atom is -0.507 e. The maximum absolute atomic E-state index is 10.2. The minimum atomic E-state index is -2.41. The molecule has 1 saturated heterocycles. The zero-order valence-electron chi connectivity index (χ0n) is 15.2. The van der Waals surface area contributed by atoms with E-state index in [1.807, 2.05) is 24.8 Å². The molecule has 6 nitrogen and oxygen atoms in total. The Bertz CT molecular complexity index is 740. The second-order valence-electron chi connectivity index (χ2n) is 5.69. The van der Waals surface area contributed by atoms with E-state index in [1.54, 1.807) is 18.2 Å². The van der Waals surface area contributed by atoms with Gasteiger partial charge in [-0.15, -0.1) is 10.2 Å². The van der Waals surface area contributed by atoms with E-state index in [2.05, 4.69) is 10.2 Å². The Kier molecular flexibility index (Phi) is 3.76. The minimum absolute atomic E-state index is 0.166. The molecule has 0 spiro atoms. The zero-order chi connectivity index (χ0) is 18.2. The molecule has 1 fully saturated rings. The van der Waals surface area contributed by atoms with Crippen molar-refractivity contribution in [1.29, 1.82) is 0 Å². The number of hydrogen-bond donors (Lipinski definition) is 2. The van der Waals surface area contributed by atoms with Gasteiger partial charge in [-0.1, -0.05) is 6.07 Å². The monoisotopic (exact) mass is 317 g/mol. The molecule has 0 radical (unpaired) electrons. The van der Waals surface area contributed by atoms with Crippen LogP contribution in [0.2, 0.25) is 0 Å². The summed E-state index contributed by atoms with van der Waals surface area (Å²) in [7, 11) is 0. The average Bonchev–Trinajstić information content (AvgIpc) is 2.54. The van der Waals surface area contributed by atoms with Crippen LogP contribution in [0, 0.1) is 13.8 Å². The van der Waals surface area contributed by atoms with E-state index < -0.39 is 12.7 Å². The van der Waals surface area contributed by atoms with Crippen LogP contribution in [0.4, 0.5) is 5.82 Å². The second kappa shape index (κ2) is 6.52. The molecule has 0 bridgehead atoms. The topological polar surface area (TPSA) is 78.7 Å². The lowest BCUT2D eigenvalue weighted by molar-refractivity contribution is 0.00332. The Balaban J connectivity index is 1.84. The lowest BCUT2D eigenvalue weighted by Crippen LogP contribution is -2.44. The van der Waals surface area contributed by atoms with Crippen LogP contribution in [-0.4, -0.2) is 52.8 Å². The third-order valence-electron chi connectivity index (χ3n) is 3.90. The van der Waals surface area contributed by atoms with Crippen molar-refractivity contribution in [2.24, 2.45) is 0 Å². The number of phenols is 1. The van der Waals surface area contributed by atoms with Crippen LogP contribution in [0.25, 0.3) is 11.3 Å². The predicted molar refractivity (Wildman–Crippen MR) is 87.6 cm³/mol. The van der Waals surface area contributed by atoms with Crippen molar-refractivity contribution < 1.29 is 17.7 Å². The predicted octanol–water partition coefficient (Wildman–Crippen LogP) is 1.66. The van der Waals surface area contributed by atoms with Crippen molar-refractivity contribution in [3.63, 3.8) is 0 Å². The average molecular weight is 317 g/mol. The van der Waals surface area contributed by atoms with E-state index >= 15 is 0 Å². The molecule has 0 unspecified atom stereocenters. The Labute approximate surface area is 138 Å². The van der Waals surface area contributed by atoms with Gasteiger partial charge in [-0.2, -0.15) is 0 Å². The second-order valence-corrected chi connectivity index (χ2v) is 5.69. The summed E-state index contributed by atoms with van der Waals surface area (Å²) < 4.78 is 20.1. The van der Waals surface area contributed by atoms with Crippen molar-refractivity contribution >= 4 is 5.82 Å². The van der Waals surface area contributed by atoms with Gasteiger partial charge in [0.15, 0.2) is 5.82 Å². The highest BCUT2D eigenvalue weighted by atomic mass is 16.5. The van der Waals surface area contributed by atoms with Gasteiger partial charge in [0.2, 0.25) is 0 Å². The first-order chi connectivity index (χ1) is 11.8. The van der Waals surface area contributed by atoms with Crippen LogP contribution in [-0.2, 0) is 4.74 Å². The van der Waals surface area contributed by atoms with Gasteiger partial charge in [0, 0.05) is 18.7 Å². The van der Waals surface area contributed by atoms with E-state index in [9.17, 15) is 10.2 Å². The number of aryl methyl sites for hydroxylation is 2. The summed E-state index contributed by atoms with van der Waals surface area (Å²) in [6.07, 6.45) is -0.939. The molecule has 1 atom stereocenters. The first-order valence-corrected chi connectivity index (χ1v) is 7.49. The fourth-order valence-electron chi connectivity index (χ4n) is 2.84. The molecule has 2 N–H and O–H groups in total. The highest BCUT2D eigenvalue weighted by Crippen LogP contribution is 2.32. The number of rotatable bonds is 3. The number of hydrogen-bond acceptors (Lipinski definition) is 6. The smallest absolute Gasteiger partial charge is 0.151 e. The number of nitrogens with zero attached hydrogens (tertiary/aromatic N) is 3. The van der Waals surface area contributed by atoms with E-state index in [-0.39, 0.29) is 12.3 Å². The van der Waals surface area contributed by atoms with Gasteiger partial charge in [0.05, 0.1) is 27.7 Å². The molecule has 3 rings (SSSR count). The van der Waals surface area contributed by atoms with E-state index in [0.717, 1.165) is 11.1 Å². The molecule has 6 heteroatoms. The highest BCUT2D eigenvalue weighted by molar-refractivity contribution is 5.71. The number of aromatic nitrogens is 2. The molecule has 1 aromatic carbocycles. The fourth-order valence-corrected chi connectivity index (χ4v) is 2.84. The quantitative estimate of drug-likeness (QED) is 0.896. The van der Waals surface area contributed by atoms with Gasteiger partial charge >= 0.3 is 0 Å². The van der Waals surface area contributed by atoms with Crippen molar-refractivity contribution in [3.8, 4) is 17.0 Å². The number of aliphatic hydroxyl groups is 1. The summed E-state index contributed by atoms with van der Waals surface area (Å²) in [6, 6.07) is 7.21. The summed E-state index contributed by atoms with van der Waals surface area (Å²) >= 11 is 0. The van der Waals surface area contributed by atoms with Crippen LogP contribution in [0.3, 0.4) is 0 Å². The SMILES string of the molecule is [2H]C([2H])(O)[C@@H]1CN(c2ccc(-c3c(C)cc(C)cc3O)nn2)CCO1. The maximum atomic E-state index is 10.2. The van der Waals surface area contributed by atoms with Gasteiger partial charge in [0.1, 0.15) is 5.75 Å². The molecule has 2 heterocycles. The molecule has 0 aliphatic carbocycles. The van der Waals surface area contributed by atoms with Crippen molar-refractivity contribution in [3.05, 3.63) is 35.4 Å². The summed E-state index contributed by atoms with van der Waals surface area (Å²) in [5, 5.41) is 28.1. The molecular weight excluding hydrogens is 294 g/mol. The third-order valence-corrected chi connectivity index (χ3v) is 3.90. The lowest BCUT2D eigenvalue weighted by atomic mass is 10.0. The first kappa shape index (κ1) is 13.3. The van der Waals surface area contributed by atoms with Gasteiger partial charge in [-0.25, -0.2) is 0 Å². The summed E-state index contributed by atoms with van der Waals surface area (Å²) in [6.45, 7) is 2.44. The number of morpholine rings is 1. The fraction of sp³-hybridized carbons (Fsp3) is 0.412. The normalized spacial score (nSPS) is 20.1. The van der Waals surface area contributed by atoms with Crippen molar-refractivity contribution in [2.45, 2.75) is 20.0 Å². The standard InChI is InChI=1S/C17H21N3O3/c1-11-7-12(2)17(15(22)8-11)14-3-4-16(19-18-14)20-5-6-23-13(9-20)10-21/h3-4,7-8,13,21-22H,5-6,9-10H2,1-2H3/t13-/m0/s1/i10D2. The van der Waals surface area contributed by atoms with E-state index in [0.29, 0.717) is 30.2 Å². The largest absolute Gasteiger partial charge is 0.507 e. The van der Waals surface area contributed by atoms with Gasteiger partial charge in [0.25, 0.3) is 0 Å². The molecule has 1 aliphatic heterocycles. The van der Waals surface area contributed by atoms with E-state index in [1.165, 1.54) is 0 Å². The molecule has 0 amide bonds. The molecule has 0 saturated carbocycles. The first-order valence-electron chi connectivity index (χ1n) is 8.49. The molecule has 122 valence electrons. The van der Waals surface area contributed by atoms with Gasteiger partial charge < -0.3 is 19.8 Å².